The lowest BCUT2D eigenvalue weighted by molar-refractivity contribution is 0.116. The van der Waals surface area contributed by atoms with Crippen LogP contribution in [0.4, 0.5) is 4.79 Å². The zero-order valence-corrected chi connectivity index (χ0v) is 14.6. The highest BCUT2D eigenvalue weighted by Crippen LogP contribution is 2.14. The summed E-state index contributed by atoms with van der Waals surface area (Å²) in [5.74, 6) is 0. The first-order valence-electron chi connectivity index (χ1n) is 8.02. The molecule has 2 aliphatic rings. The van der Waals surface area contributed by atoms with Crippen LogP contribution in [0.25, 0.3) is 0 Å². The molecule has 2 rings (SSSR count). The van der Waals surface area contributed by atoms with Crippen molar-refractivity contribution in [1.29, 1.82) is 0 Å². The lowest BCUT2D eigenvalue weighted by Gasteiger charge is -2.38. The number of urea groups is 1. The van der Waals surface area contributed by atoms with Crippen molar-refractivity contribution in [2.24, 2.45) is 0 Å². The van der Waals surface area contributed by atoms with Crippen molar-refractivity contribution in [1.82, 2.24) is 19.4 Å². The summed E-state index contributed by atoms with van der Waals surface area (Å²) in [4.78, 5) is 16.5. The van der Waals surface area contributed by atoms with E-state index in [2.05, 4.69) is 24.1 Å². The maximum atomic E-state index is 12.3. The van der Waals surface area contributed by atoms with E-state index in [0.29, 0.717) is 32.0 Å². The number of nitrogens with zero attached hydrogens (tertiary/aromatic N) is 3. The number of piperidine rings is 1. The average Bonchev–Trinajstić information content (AvgIpc) is 2.47. The summed E-state index contributed by atoms with van der Waals surface area (Å²) < 4.78 is 24.4. The van der Waals surface area contributed by atoms with Crippen molar-refractivity contribution in [3.63, 3.8) is 0 Å². The van der Waals surface area contributed by atoms with Gasteiger partial charge in [0.2, 0.25) is 10.0 Å². The first-order valence-corrected chi connectivity index (χ1v) is 9.87. The summed E-state index contributed by atoms with van der Waals surface area (Å²) in [5.41, 5.74) is 0. The van der Waals surface area contributed by atoms with E-state index in [1.807, 2.05) is 4.90 Å². The van der Waals surface area contributed by atoms with E-state index in [-0.39, 0.29) is 12.1 Å². The van der Waals surface area contributed by atoms with E-state index >= 15 is 0 Å². The van der Waals surface area contributed by atoms with Gasteiger partial charge in [0.1, 0.15) is 0 Å². The van der Waals surface area contributed by atoms with Crippen LogP contribution in [0.3, 0.4) is 0 Å². The van der Waals surface area contributed by atoms with Gasteiger partial charge in [-0.1, -0.05) is 0 Å². The lowest BCUT2D eigenvalue weighted by Crippen LogP contribution is -2.55. The van der Waals surface area contributed by atoms with Crippen LogP contribution in [0, 0.1) is 0 Å². The molecule has 0 saturated carbocycles. The van der Waals surface area contributed by atoms with E-state index in [1.54, 1.807) is 0 Å². The van der Waals surface area contributed by atoms with Crippen LogP contribution < -0.4 is 5.32 Å². The number of rotatable bonds is 3. The van der Waals surface area contributed by atoms with Gasteiger partial charge in [-0.05, 0) is 26.7 Å². The number of sulfonamides is 1. The van der Waals surface area contributed by atoms with Gasteiger partial charge in [0, 0.05) is 51.4 Å². The predicted octanol–water partition coefficient (Wildman–Crippen LogP) is 0.146. The Hall–Kier alpha value is -0.860. The maximum Gasteiger partial charge on any atom is 0.317 e. The molecule has 0 unspecified atom stereocenters. The van der Waals surface area contributed by atoms with E-state index < -0.39 is 10.0 Å². The summed E-state index contributed by atoms with van der Waals surface area (Å²) in [6.07, 6.45) is 2.61. The van der Waals surface area contributed by atoms with E-state index in [4.69, 9.17) is 0 Å². The van der Waals surface area contributed by atoms with Crippen molar-refractivity contribution in [3.05, 3.63) is 0 Å². The van der Waals surface area contributed by atoms with E-state index in [9.17, 15) is 13.2 Å². The van der Waals surface area contributed by atoms with Crippen LogP contribution in [0.5, 0.6) is 0 Å². The molecular weight excluding hydrogens is 304 g/mol. The molecular formula is C14H28N4O3S. The van der Waals surface area contributed by atoms with E-state index in [1.165, 1.54) is 10.6 Å². The standard InChI is InChI=1S/C14H28N4O3S/c1-12(2)16-8-10-17(11-9-16)14(19)15-13-4-6-18(7-5-13)22(3,20)21/h12-13H,4-11H2,1-3H3,(H,15,19). The molecule has 0 spiro atoms. The van der Waals surface area contributed by atoms with Gasteiger partial charge in [-0.2, -0.15) is 0 Å². The number of amides is 2. The topological polar surface area (TPSA) is 73.0 Å². The number of nitrogens with one attached hydrogen (secondary N) is 1. The molecule has 0 atom stereocenters. The van der Waals surface area contributed by atoms with Crippen molar-refractivity contribution in [2.45, 2.75) is 38.8 Å². The molecule has 0 aromatic heterocycles. The number of piperazine rings is 1. The van der Waals surface area contributed by atoms with Crippen molar-refractivity contribution in [3.8, 4) is 0 Å². The van der Waals surface area contributed by atoms with Crippen LogP contribution in [0.15, 0.2) is 0 Å². The Morgan fingerprint density at radius 1 is 1.05 bits per heavy atom. The molecule has 2 aliphatic heterocycles. The molecule has 0 aromatic rings. The molecule has 0 aromatic carbocycles. The molecule has 0 aliphatic carbocycles. The Morgan fingerprint density at radius 3 is 2.05 bits per heavy atom. The highest BCUT2D eigenvalue weighted by Gasteiger charge is 2.28. The third-order valence-corrected chi connectivity index (χ3v) is 5.89. The number of hydrogen-bond acceptors (Lipinski definition) is 4. The fraction of sp³-hybridized carbons (Fsp3) is 0.929. The Labute approximate surface area is 133 Å². The van der Waals surface area contributed by atoms with Crippen LogP contribution in [-0.2, 0) is 10.0 Å². The number of hydrogen-bond donors (Lipinski definition) is 1. The molecule has 2 saturated heterocycles. The van der Waals surface area contributed by atoms with Crippen molar-refractivity contribution >= 4 is 16.1 Å². The Balaban J connectivity index is 1.75. The third-order valence-electron chi connectivity index (χ3n) is 4.58. The van der Waals surface area contributed by atoms with Gasteiger partial charge in [-0.25, -0.2) is 17.5 Å². The van der Waals surface area contributed by atoms with E-state index in [0.717, 1.165) is 26.2 Å². The second kappa shape index (κ2) is 7.14. The summed E-state index contributed by atoms with van der Waals surface area (Å²) in [7, 11) is -3.11. The Morgan fingerprint density at radius 2 is 1.59 bits per heavy atom. The summed E-state index contributed by atoms with van der Waals surface area (Å²) in [6, 6.07) is 0.584. The molecule has 0 bridgehead atoms. The maximum absolute atomic E-state index is 12.3. The lowest BCUT2D eigenvalue weighted by atomic mass is 10.1. The molecule has 7 nitrogen and oxygen atoms in total. The predicted molar refractivity (Wildman–Crippen MR) is 86.3 cm³/mol. The monoisotopic (exact) mass is 332 g/mol. The van der Waals surface area contributed by atoms with Crippen LogP contribution in [0.1, 0.15) is 26.7 Å². The molecule has 128 valence electrons. The molecule has 8 heteroatoms. The second-order valence-electron chi connectivity index (χ2n) is 6.50. The van der Waals surface area contributed by atoms with Gasteiger partial charge >= 0.3 is 6.03 Å². The molecule has 2 amide bonds. The molecule has 2 heterocycles. The first kappa shape index (κ1) is 17.5. The Kier molecular flexibility index (Phi) is 5.68. The van der Waals surface area contributed by atoms with Gasteiger partial charge in [-0.3, -0.25) is 4.90 Å². The van der Waals surface area contributed by atoms with Gasteiger partial charge in [-0.15, -0.1) is 0 Å². The second-order valence-corrected chi connectivity index (χ2v) is 8.49. The smallest absolute Gasteiger partial charge is 0.317 e. The molecule has 0 radical (unpaired) electrons. The minimum Gasteiger partial charge on any atom is -0.335 e. The van der Waals surface area contributed by atoms with Crippen LogP contribution in [0.2, 0.25) is 0 Å². The number of carbonyl (C=O) groups is 1. The normalized spacial score (nSPS) is 23.0. The van der Waals surface area contributed by atoms with Crippen LogP contribution >= 0.6 is 0 Å². The van der Waals surface area contributed by atoms with Crippen molar-refractivity contribution < 1.29 is 13.2 Å². The van der Waals surface area contributed by atoms with Gasteiger partial charge in [0.15, 0.2) is 0 Å². The van der Waals surface area contributed by atoms with Gasteiger partial charge < -0.3 is 10.2 Å². The highest BCUT2D eigenvalue weighted by atomic mass is 32.2. The SMILES string of the molecule is CC(C)N1CCN(C(=O)NC2CCN(S(C)(=O)=O)CC2)CC1. The zero-order chi connectivity index (χ0) is 16.3. The highest BCUT2D eigenvalue weighted by molar-refractivity contribution is 7.88. The molecule has 2 fully saturated rings. The van der Waals surface area contributed by atoms with Crippen molar-refractivity contribution in [2.75, 3.05) is 45.5 Å². The van der Waals surface area contributed by atoms with Crippen LogP contribution in [-0.4, -0.2) is 86.2 Å². The largest absolute Gasteiger partial charge is 0.335 e. The average molecular weight is 332 g/mol. The summed E-state index contributed by atoms with van der Waals surface area (Å²) >= 11 is 0. The minimum absolute atomic E-state index is 0.0128. The molecule has 1 N–H and O–H groups in total. The third kappa shape index (κ3) is 4.57. The molecule has 22 heavy (non-hydrogen) atoms. The quantitative estimate of drug-likeness (QED) is 0.798. The van der Waals surface area contributed by atoms with Gasteiger partial charge in [0.05, 0.1) is 6.26 Å². The fourth-order valence-electron chi connectivity index (χ4n) is 3.04. The van der Waals surface area contributed by atoms with Gasteiger partial charge in [0.25, 0.3) is 0 Å². The first-order chi connectivity index (χ1) is 10.3. The fourth-order valence-corrected chi connectivity index (χ4v) is 3.91. The zero-order valence-electron chi connectivity index (χ0n) is 13.8. The Bertz CT molecular complexity index is 478. The minimum atomic E-state index is -3.11. The summed E-state index contributed by atoms with van der Waals surface area (Å²) in [6.45, 7) is 8.67. The number of carbonyl (C=O) groups excluding carboxylic acids is 1. The summed E-state index contributed by atoms with van der Waals surface area (Å²) in [5, 5.41) is 3.05.